The number of unbranched alkanes of at least 4 members (excludes halogenated alkanes) is 2. The van der Waals surface area contributed by atoms with Crippen molar-refractivity contribution < 1.29 is 14.6 Å². The molecule has 0 unspecified atom stereocenters. The smallest absolute Gasteiger partial charge is 0.193 e. The minimum absolute atomic E-state index is 0.306. The van der Waals surface area contributed by atoms with Crippen LogP contribution in [0.2, 0.25) is 0 Å². The van der Waals surface area contributed by atoms with E-state index in [0.717, 1.165) is 38.9 Å². The van der Waals surface area contributed by atoms with Crippen molar-refractivity contribution >= 4 is 0 Å². The summed E-state index contributed by atoms with van der Waals surface area (Å²) < 4.78 is 10.6. The second-order valence-corrected chi connectivity index (χ2v) is 3.81. The number of methoxy groups -OCH3 is 2. The molecule has 84 valence electrons. The second kappa shape index (κ2) is 5.66. The van der Waals surface area contributed by atoms with Crippen molar-refractivity contribution in [1.29, 1.82) is 0 Å². The molecule has 4 nitrogen and oxygen atoms in total. The topological polar surface area (TPSA) is 41.9 Å². The number of ether oxygens (including phenoxy) is 2. The van der Waals surface area contributed by atoms with E-state index >= 15 is 0 Å². The maximum atomic E-state index is 8.61. The van der Waals surface area contributed by atoms with Gasteiger partial charge in [-0.15, -0.1) is 0 Å². The quantitative estimate of drug-likeness (QED) is 0.482. The van der Waals surface area contributed by atoms with Crippen LogP contribution >= 0.6 is 0 Å². The number of nitrogens with zero attached hydrogens (tertiary/aromatic N) is 1. The van der Waals surface area contributed by atoms with E-state index in [2.05, 4.69) is 4.90 Å². The van der Waals surface area contributed by atoms with E-state index in [1.165, 1.54) is 0 Å². The largest absolute Gasteiger partial charge is 0.396 e. The van der Waals surface area contributed by atoms with Gasteiger partial charge >= 0.3 is 0 Å². The monoisotopic (exact) mass is 203 g/mol. The lowest BCUT2D eigenvalue weighted by Crippen LogP contribution is -2.63. The molecule has 1 rings (SSSR count). The summed E-state index contributed by atoms with van der Waals surface area (Å²) in [5.41, 5.74) is 0. The molecule has 4 heteroatoms. The van der Waals surface area contributed by atoms with E-state index < -0.39 is 0 Å². The first-order valence-corrected chi connectivity index (χ1v) is 5.20. The van der Waals surface area contributed by atoms with Gasteiger partial charge in [-0.2, -0.15) is 0 Å². The molecule has 1 heterocycles. The number of aliphatic hydroxyl groups is 1. The van der Waals surface area contributed by atoms with E-state index in [4.69, 9.17) is 14.6 Å². The lowest BCUT2D eigenvalue weighted by Gasteiger charge is -2.47. The molecule has 14 heavy (non-hydrogen) atoms. The molecule has 0 bridgehead atoms. The average molecular weight is 203 g/mol. The summed E-state index contributed by atoms with van der Waals surface area (Å²) >= 11 is 0. The summed E-state index contributed by atoms with van der Waals surface area (Å²) in [7, 11) is 3.37. The van der Waals surface area contributed by atoms with Crippen molar-refractivity contribution in [1.82, 2.24) is 4.90 Å². The molecule has 0 aromatic heterocycles. The molecular formula is C10H21NO3. The van der Waals surface area contributed by atoms with Crippen molar-refractivity contribution in [2.24, 2.45) is 0 Å². The Morgan fingerprint density at radius 1 is 1.14 bits per heavy atom. The van der Waals surface area contributed by atoms with Gasteiger partial charge in [0.25, 0.3) is 0 Å². The molecule has 0 aliphatic carbocycles. The van der Waals surface area contributed by atoms with E-state index in [1.807, 2.05) is 0 Å². The number of rotatable bonds is 7. The van der Waals surface area contributed by atoms with E-state index in [-0.39, 0.29) is 5.79 Å². The van der Waals surface area contributed by atoms with Gasteiger partial charge in [0.05, 0.1) is 13.1 Å². The summed E-state index contributed by atoms with van der Waals surface area (Å²) in [4.78, 5) is 2.31. The van der Waals surface area contributed by atoms with Crippen LogP contribution < -0.4 is 0 Å². The molecule has 0 amide bonds. The first-order chi connectivity index (χ1) is 6.76. The van der Waals surface area contributed by atoms with E-state index in [0.29, 0.717) is 6.61 Å². The van der Waals surface area contributed by atoms with Crippen molar-refractivity contribution in [2.75, 3.05) is 40.5 Å². The van der Waals surface area contributed by atoms with Crippen molar-refractivity contribution in [3.8, 4) is 0 Å². The maximum Gasteiger partial charge on any atom is 0.193 e. The zero-order valence-electron chi connectivity index (χ0n) is 9.16. The molecule has 0 aromatic carbocycles. The van der Waals surface area contributed by atoms with Crippen LogP contribution in [0.3, 0.4) is 0 Å². The molecule has 0 radical (unpaired) electrons. The van der Waals surface area contributed by atoms with Crippen LogP contribution in [0.25, 0.3) is 0 Å². The first-order valence-electron chi connectivity index (χ1n) is 5.20. The molecule has 1 aliphatic rings. The molecule has 1 N–H and O–H groups in total. The average Bonchev–Trinajstić information content (AvgIpc) is 2.16. The van der Waals surface area contributed by atoms with Crippen LogP contribution in [0.1, 0.15) is 19.3 Å². The highest BCUT2D eigenvalue weighted by Crippen LogP contribution is 2.25. The number of aliphatic hydroxyl groups excluding tert-OH is 1. The third kappa shape index (κ3) is 2.92. The van der Waals surface area contributed by atoms with Crippen molar-refractivity contribution in [2.45, 2.75) is 25.0 Å². The molecule has 0 atom stereocenters. The second-order valence-electron chi connectivity index (χ2n) is 3.81. The molecule has 0 spiro atoms. The Bertz CT molecular complexity index is 151. The predicted octanol–water partition coefficient (Wildman–Crippen LogP) is 0.454. The highest BCUT2D eigenvalue weighted by atomic mass is 16.7. The number of hydrogen-bond donors (Lipinski definition) is 1. The van der Waals surface area contributed by atoms with E-state index in [1.54, 1.807) is 14.2 Å². The Morgan fingerprint density at radius 2 is 1.79 bits per heavy atom. The van der Waals surface area contributed by atoms with Crippen molar-refractivity contribution in [3.05, 3.63) is 0 Å². The Balaban J connectivity index is 2.03. The first kappa shape index (κ1) is 11.9. The lowest BCUT2D eigenvalue weighted by atomic mass is 10.1. The van der Waals surface area contributed by atoms with Crippen LogP contribution in [0.5, 0.6) is 0 Å². The van der Waals surface area contributed by atoms with Gasteiger partial charge in [-0.1, -0.05) is 0 Å². The summed E-state index contributed by atoms with van der Waals surface area (Å²) in [6.07, 6.45) is 3.15. The van der Waals surface area contributed by atoms with Gasteiger partial charge in [0, 0.05) is 20.8 Å². The van der Waals surface area contributed by atoms with Gasteiger partial charge in [-0.3, -0.25) is 4.90 Å². The summed E-state index contributed by atoms with van der Waals surface area (Å²) in [6, 6.07) is 0. The minimum atomic E-state index is -0.350. The maximum absolute atomic E-state index is 8.61. The molecule has 0 saturated carbocycles. The highest BCUT2D eigenvalue weighted by molar-refractivity contribution is 4.88. The highest BCUT2D eigenvalue weighted by Gasteiger charge is 2.43. The third-order valence-electron chi connectivity index (χ3n) is 2.81. The molecule has 0 aromatic rings. The Labute approximate surface area is 85.8 Å². The Kier molecular flexibility index (Phi) is 4.81. The Hall–Kier alpha value is -0.160. The molecule has 1 saturated heterocycles. The summed E-state index contributed by atoms with van der Waals surface area (Å²) in [6.45, 7) is 3.10. The fraction of sp³-hybridized carbons (Fsp3) is 1.00. The Morgan fingerprint density at radius 3 is 2.29 bits per heavy atom. The number of likely N-dealkylation sites (tertiary alicyclic amines) is 1. The number of hydrogen-bond acceptors (Lipinski definition) is 4. The summed E-state index contributed by atoms with van der Waals surface area (Å²) in [5.74, 6) is -0.350. The van der Waals surface area contributed by atoms with E-state index in [9.17, 15) is 0 Å². The molecule has 1 fully saturated rings. The minimum Gasteiger partial charge on any atom is -0.396 e. The van der Waals surface area contributed by atoms with Crippen LogP contribution in [0.4, 0.5) is 0 Å². The van der Waals surface area contributed by atoms with Gasteiger partial charge in [0.1, 0.15) is 0 Å². The zero-order valence-corrected chi connectivity index (χ0v) is 9.16. The molecule has 1 aliphatic heterocycles. The SMILES string of the molecule is COC1(OC)CN(CCCCCO)C1. The zero-order chi connectivity index (χ0) is 10.4. The third-order valence-corrected chi connectivity index (χ3v) is 2.81. The fourth-order valence-corrected chi connectivity index (χ4v) is 1.76. The van der Waals surface area contributed by atoms with Gasteiger partial charge in [-0.05, 0) is 25.8 Å². The van der Waals surface area contributed by atoms with Gasteiger partial charge in [0.15, 0.2) is 5.79 Å². The fourth-order valence-electron chi connectivity index (χ4n) is 1.76. The van der Waals surface area contributed by atoms with Crippen LogP contribution in [-0.2, 0) is 9.47 Å². The summed E-state index contributed by atoms with van der Waals surface area (Å²) in [5, 5.41) is 8.61. The van der Waals surface area contributed by atoms with Crippen LogP contribution in [-0.4, -0.2) is 56.3 Å². The van der Waals surface area contributed by atoms with Gasteiger partial charge < -0.3 is 14.6 Å². The van der Waals surface area contributed by atoms with Crippen LogP contribution in [0, 0.1) is 0 Å². The molecular weight excluding hydrogens is 182 g/mol. The van der Waals surface area contributed by atoms with Crippen LogP contribution in [0.15, 0.2) is 0 Å². The normalized spacial score (nSPS) is 20.8. The lowest BCUT2D eigenvalue weighted by molar-refractivity contribution is -0.275. The van der Waals surface area contributed by atoms with Gasteiger partial charge in [0.2, 0.25) is 0 Å². The predicted molar refractivity (Wildman–Crippen MR) is 54.1 cm³/mol. The van der Waals surface area contributed by atoms with Crippen molar-refractivity contribution in [3.63, 3.8) is 0 Å². The van der Waals surface area contributed by atoms with Gasteiger partial charge in [-0.25, -0.2) is 0 Å². The standard InChI is InChI=1S/C10H21NO3/c1-13-10(14-2)8-11(9-10)6-4-3-5-7-12/h12H,3-9H2,1-2H3.